The van der Waals surface area contributed by atoms with Crippen molar-refractivity contribution in [3.8, 4) is 5.75 Å². The molecule has 0 aromatic heterocycles. The minimum atomic E-state index is -0.601. The van der Waals surface area contributed by atoms with Gasteiger partial charge in [-0.3, -0.25) is 4.79 Å². The lowest BCUT2D eigenvalue weighted by molar-refractivity contribution is -0.131. The predicted molar refractivity (Wildman–Crippen MR) is 96.7 cm³/mol. The summed E-state index contributed by atoms with van der Waals surface area (Å²) in [7, 11) is 1.63. The molecular formula is C20H21FN2O3. The molecule has 0 spiro atoms. The number of halogens is 1. The zero-order valence-electron chi connectivity index (χ0n) is 14.6. The maximum Gasteiger partial charge on any atom is 0.264 e. The quantitative estimate of drug-likeness (QED) is 0.830. The molecule has 136 valence electrons. The van der Waals surface area contributed by atoms with Crippen LogP contribution in [0.1, 0.15) is 17.5 Å². The number of benzene rings is 2. The number of hydrogen-bond donors (Lipinski definition) is 1. The molecule has 0 aliphatic carbocycles. The normalized spacial score (nSPS) is 15.9. The number of ether oxygens (including phenoxy) is 1. The van der Waals surface area contributed by atoms with Crippen molar-refractivity contribution < 1.29 is 18.8 Å². The van der Waals surface area contributed by atoms with E-state index in [2.05, 4.69) is 10.5 Å². The molecule has 26 heavy (non-hydrogen) atoms. The van der Waals surface area contributed by atoms with Crippen LogP contribution in [0.2, 0.25) is 0 Å². The molecule has 1 amide bonds. The Hall–Kier alpha value is -2.89. The molecular weight excluding hydrogens is 335 g/mol. The second-order valence-electron chi connectivity index (χ2n) is 6.15. The van der Waals surface area contributed by atoms with Crippen LogP contribution in [-0.2, 0) is 22.5 Å². The van der Waals surface area contributed by atoms with Crippen molar-refractivity contribution in [2.45, 2.75) is 25.4 Å². The Labute approximate surface area is 151 Å². The van der Waals surface area contributed by atoms with Crippen LogP contribution < -0.4 is 10.1 Å². The van der Waals surface area contributed by atoms with E-state index in [0.29, 0.717) is 25.8 Å². The fourth-order valence-electron chi connectivity index (χ4n) is 2.78. The molecule has 1 aliphatic heterocycles. The van der Waals surface area contributed by atoms with Gasteiger partial charge < -0.3 is 14.9 Å². The minimum Gasteiger partial charge on any atom is -0.497 e. The molecule has 6 heteroatoms. The van der Waals surface area contributed by atoms with Gasteiger partial charge in [0, 0.05) is 19.4 Å². The molecule has 0 bridgehead atoms. The molecule has 1 atom stereocenters. The van der Waals surface area contributed by atoms with Gasteiger partial charge in [-0.1, -0.05) is 29.4 Å². The molecule has 3 rings (SSSR count). The number of nitrogens with one attached hydrogen (secondary N) is 1. The zero-order chi connectivity index (χ0) is 18.4. The van der Waals surface area contributed by atoms with Crippen LogP contribution in [0.25, 0.3) is 0 Å². The average Bonchev–Trinajstić information content (AvgIpc) is 3.12. The van der Waals surface area contributed by atoms with Crippen molar-refractivity contribution >= 4 is 11.6 Å². The lowest BCUT2D eigenvalue weighted by atomic mass is 10.0. The summed E-state index contributed by atoms with van der Waals surface area (Å²) in [6.07, 6.45) is 1.10. The van der Waals surface area contributed by atoms with Crippen molar-refractivity contribution in [2.75, 3.05) is 13.7 Å². The van der Waals surface area contributed by atoms with Gasteiger partial charge in [0.15, 0.2) is 0 Å². The molecule has 1 heterocycles. The monoisotopic (exact) mass is 356 g/mol. The van der Waals surface area contributed by atoms with Gasteiger partial charge in [0.2, 0.25) is 6.10 Å². The van der Waals surface area contributed by atoms with E-state index in [1.54, 1.807) is 19.2 Å². The van der Waals surface area contributed by atoms with Crippen LogP contribution in [0.3, 0.4) is 0 Å². The molecule has 0 unspecified atom stereocenters. The molecule has 2 aromatic rings. The first-order chi connectivity index (χ1) is 12.6. The Morgan fingerprint density at radius 3 is 2.85 bits per heavy atom. The Balaban J connectivity index is 1.42. The number of amides is 1. The lowest BCUT2D eigenvalue weighted by Crippen LogP contribution is -2.36. The summed E-state index contributed by atoms with van der Waals surface area (Å²) in [6, 6.07) is 14.0. The van der Waals surface area contributed by atoms with Crippen LogP contribution >= 0.6 is 0 Å². The molecule has 1 N–H and O–H groups in total. The number of hydrogen-bond acceptors (Lipinski definition) is 4. The largest absolute Gasteiger partial charge is 0.497 e. The lowest BCUT2D eigenvalue weighted by Gasteiger charge is -2.10. The summed E-state index contributed by atoms with van der Waals surface area (Å²) in [4.78, 5) is 17.5. The summed E-state index contributed by atoms with van der Waals surface area (Å²) in [5, 5.41) is 6.87. The zero-order valence-corrected chi connectivity index (χ0v) is 14.6. The molecule has 0 fully saturated rings. The predicted octanol–water partition coefficient (Wildman–Crippen LogP) is 2.88. The van der Waals surface area contributed by atoms with E-state index in [1.165, 1.54) is 12.1 Å². The van der Waals surface area contributed by atoms with E-state index in [1.807, 2.05) is 24.3 Å². The fourth-order valence-corrected chi connectivity index (χ4v) is 2.78. The van der Waals surface area contributed by atoms with E-state index in [9.17, 15) is 9.18 Å². The van der Waals surface area contributed by atoms with Crippen molar-refractivity contribution in [2.24, 2.45) is 5.16 Å². The van der Waals surface area contributed by atoms with Gasteiger partial charge in [0.1, 0.15) is 11.6 Å². The average molecular weight is 356 g/mol. The topological polar surface area (TPSA) is 59.9 Å². The molecule has 1 aliphatic rings. The van der Waals surface area contributed by atoms with Gasteiger partial charge in [-0.15, -0.1) is 0 Å². The van der Waals surface area contributed by atoms with Gasteiger partial charge in [-0.2, -0.15) is 0 Å². The highest BCUT2D eigenvalue weighted by atomic mass is 19.1. The first kappa shape index (κ1) is 17.9. The standard InChI is InChI=1S/C20H21FN2O3/c1-25-18-4-2-3-14(12-18)9-10-22-20(24)19-13-17(23-26-19)11-15-5-7-16(21)8-6-15/h2-8,12,19H,9-11,13H2,1H3,(H,22,24)/t19-/m1/s1. The van der Waals surface area contributed by atoms with E-state index >= 15 is 0 Å². The fraction of sp³-hybridized carbons (Fsp3) is 0.300. The summed E-state index contributed by atoms with van der Waals surface area (Å²) >= 11 is 0. The Bertz CT molecular complexity index is 790. The molecule has 0 radical (unpaired) electrons. The summed E-state index contributed by atoms with van der Waals surface area (Å²) < 4.78 is 18.1. The van der Waals surface area contributed by atoms with Crippen LogP contribution in [0.5, 0.6) is 5.75 Å². The first-order valence-corrected chi connectivity index (χ1v) is 8.50. The summed E-state index contributed by atoms with van der Waals surface area (Å²) in [6.45, 7) is 0.513. The maximum absolute atomic E-state index is 12.9. The summed E-state index contributed by atoms with van der Waals surface area (Å²) in [5.41, 5.74) is 2.81. The highest BCUT2D eigenvalue weighted by Gasteiger charge is 2.27. The van der Waals surface area contributed by atoms with Crippen LogP contribution in [0.15, 0.2) is 53.7 Å². The van der Waals surface area contributed by atoms with Gasteiger partial charge in [-0.05, 0) is 41.8 Å². The highest BCUT2D eigenvalue weighted by molar-refractivity contribution is 5.93. The number of nitrogens with zero attached hydrogens (tertiary/aromatic N) is 1. The number of carbonyl (C=O) groups excluding carboxylic acids is 1. The van der Waals surface area contributed by atoms with Gasteiger partial charge in [-0.25, -0.2) is 4.39 Å². The minimum absolute atomic E-state index is 0.175. The molecule has 2 aromatic carbocycles. The van der Waals surface area contributed by atoms with E-state index in [-0.39, 0.29) is 11.7 Å². The smallest absolute Gasteiger partial charge is 0.264 e. The van der Waals surface area contributed by atoms with Crippen LogP contribution in [-0.4, -0.2) is 31.4 Å². The first-order valence-electron chi connectivity index (χ1n) is 8.50. The van der Waals surface area contributed by atoms with E-state index in [4.69, 9.17) is 9.57 Å². The Kier molecular flexibility index (Phi) is 5.84. The summed E-state index contributed by atoms with van der Waals surface area (Å²) in [5.74, 6) is 0.351. The van der Waals surface area contributed by atoms with Crippen molar-refractivity contribution in [3.63, 3.8) is 0 Å². The van der Waals surface area contributed by atoms with Gasteiger partial charge in [0.05, 0.1) is 12.8 Å². The van der Waals surface area contributed by atoms with Gasteiger partial charge >= 0.3 is 0 Å². The number of rotatable bonds is 7. The number of carbonyl (C=O) groups is 1. The maximum atomic E-state index is 12.9. The molecule has 5 nitrogen and oxygen atoms in total. The van der Waals surface area contributed by atoms with E-state index in [0.717, 1.165) is 22.6 Å². The second kappa shape index (κ2) is 8.47. The van der Waals surface area contributed by atoms with Crippen molar-refractivity contribution in [1.29, 1.82) is 0 Å². The third-order valence-electron chi connectivity index (χ3n) is 4.19. The molecule has 0 saturated carbocycles. The third kappa shape index (κ3) is 4.81. The van der Waals surface area contributed by atoms with Crippen molar-refractivity contribution in [3.05, 3.63) is 65.5 Å². The van der Waals surface area contributed by atoms with Crippen LogP contribution in [0.4, 0.5) is 4.39 Å². The molecule has 0 saturated heterocycles. The highest BCUT2D eigenvalue weighted by Crippen LogP contribution is 2.16. The SMILES string of the molecule is COc1cccc(CCNC(=O)[C@H]2CC(Cc3ccc(F)cc3)=NO2)c1. The number of oxime groups is 1. The Morgan fingerprint density at radius 1 is 1.27 bits per heavy atom. The van der Waals surface area contributed by atoms with Gasteiger partial charge in [0.25, 0.3) is 5.91 Å². The number of methoxy groups -OCH3 is 1. The van der Waals surface area contributed by atoms with Crippen LogP contribution in [0, 0.1) is 5.82 Å². The second-order valence-corrected chi connectivity index (χ2v) is 6.15. The Morgan fingerprint density at radius 2 is 2.08 bits per heavy atom. The third-order valence-corrected chi connectivity index (χ3v) is 4.19. The van der Waals surface area contributed by atoms with Crippen molar-refractivity contribution in [1.82, 2.24) is 5.32 Å². The van der Waals surface area contributed by atoms with E-state index < -0.39 is 6.10 Å².